The number of amides is 1. The van der Waals surface area contributed by atoms with Gasteiger partial charge in [0, 0.05) is 25.6 Å². The Morgan fingerprint density at radius 1 is 1.12 bits per heavy atom. The molecule has 2 saturated heterocycles. The Bertz CT molecular complexity index is 856. The number of pyridine rings is 1. The first-order valence-corrected chi connectivity index (χ1v) is 11.8. The lowest BCUT2D eigenvalue weighted by Crippen LogP contribution is -2.59. The van der Waals surface area contributed by atoms with Gasteiger partial charge in [0.1, 0.15) is 18.2 Å². The van der Waals surface area contributed by atoms with Crippen LogP contribution >= 0.6 is 0 Å². The predicted octanol–water partition coefficient (Wildman–Crippen LogP) is 2.82. The molecule has 4 unspecified atom stereocenters. The van der Waals surface area contributed by atoms with Crippen molar-refractivity contribution < 1.29 is 9.53 Å². The van der Waals surface area contributed by atoms with Gasteiger partial charge in [0.05, 0.1) is 18.3 Å². The number of piperidine rings is 2. The summed E-state index contributed by atoms with van der Waals surface area (Å²) in [7, 11) is 0. The van der Waals surface area contributed by atoms with E-state index in [9.17, 15) is 4.79 Å². The number of anilines is 1. The lowest BCUT2D eigenvalue weighted by molar-refractivity contribution is -0.126. The van der Waals surface area contributed by atoms with Gasteiger partial charge in [-0.25, -0.2) is 4.98 Å². The second-order valence-electron chi connectivity index (χ2n) is 8.67. The van der Waals surface area contributed by atoms with E-state index < -0.39 is 0 Å². The first kappa shape index (κ1) is 22.6. The molecular formula is C25H35N5O2. The molecule has 1 amide bonds. The molecule has 32 heavy (non-hydrogen) atoms. The van der Waals surface area contributed by atoms with Crippen LogP contribution in [0.15, 0.2) is 48.7 Å². The van der Waals surface area contributed by atoms with Gasteiger partial charge in [0.25, 0.3) is 0 Å². The number of likely N-dealkylation sites (N-methyl/N-ethyl adjacent to an activating group) is 1. The quantitative estimate of drug-likeness (QED) is 0.560. The van der Waals surface area contributed by atoms with E-state index >= 15 is 0 Å². The van der Waals surface area contributed by atoms with Crippen LogP contribution in [0.5, 0.6) is 5.75 Å². The Balaban J connectivity index is 1.26. The highest BCUT2D eigenvalue weighted by molar-refractivity contribution is 5.84. The number of benzene rings is 1. The third kappa shape index (κ3) is 5.58. The molecule has 0 aliphatic carbocycles. The monoisotopic (exact) mass is 437 g/mol. The molecule has 3 heterocycles. The van der Waals surface area contributed by atoms with Crippen molar-refractivity contribution in [1.82, 2.24) is 20.5 Å². The smallest absolute Gasteiger partial charge is 0.227 e. The number of hydrogen-bond donors (Lipinski definition) is 3. The van der Waals surface area contributed by atoms with Gasteiger partial charge < -0.3 is 20.3 Å². The van der Waals surface area contributed by atoms with E-state index in [0.717, 1.165) is 56.2 Å². The molecule has 1 aromatic carbocycles. The van der Waals surface area contributed by atoms with Crippen LogP contribution in [0.25, 0.3) is 0 Å². The van der Waals surface area contributed by atoms with Crippen LogP contribution in [0.2, 0.25) is 0 Å². The van der Waals surface area contributed by atoms with E-state index in [2.05, 4.69) is 39.7 Å². The van der Waals surface area contributed by atoms with Crippen LogP contribution in [0.4, 0.5) is 5.82 Å². The average molecular weight is 438 g/mol. The Kier molecular flexibility index (Phi) is 7.60. The number of carbonyl (C=O) groups is 1. The Morgan fingerprint density at radius 3 is 2.66 bits per heavy atom. The minimum atomic E-state index is -0.0558. The number of carbonyl (C=O) groups excluding carboxylic acids is 1. The van der Waals surface area contributed by atoms with Gasteiger partial charge in [0.15, 0.2) is 0 Å². The van der Waals surface area contributed by atoms with E-state index in [1.807, 2.05) is 42.5 Å². The van der Waals surface area contributed by atoms with Gasteiger partial charge in [-0.15, -0.1) is 0 Å². The summed E-state index contributed by atoms with van der Waals surface area (Å²) in [5, 5.41) is 10.3. The second-order valence-corrected chi connectivity index (χ2v) is 8.67. The van der Waals surface area contributed by atoms with E-state index in [1.54, 1.807) is 6.20 Å². The molecule has 4 atom stereocenters. The van der Waals surface area contributed by atoms with E-state index in [4.69, 9.17) is 4.74 Å². The zero-order valence-electron chi connectivity index (χ0n) is 19.1. The molecule has 7 nitrogen and oxygen atoms in total. The lowest BCUT2D eigenvalue weighted by Gasteiger charge is -2.43. The summed E-state index contributed by atoms with van der Waals surface area (Å²) in [5.74, 6) is 2.11. The fourth-order valence-corrected chi connectivity index (χ4v) is 4.73. The molecule has 7 heteroatoms. The highest BCUT2D eigenvalue weighted by atomic mass is 16.5. The van der Waals surface area contributed by atoms with Gasteiger partial charge >= 0.3 is 0 Å². The maximum Gasteiger partial charge on any atom is 0.227 e. The summed E-state index contributed by atoms with van der Waals surface area (Å²) in [6, 6.07) is 14.2. The van der Waals surface area contributed by atoms with Crippen molar-refractivity contribution in [1.29, 1.82) is 0 Å². The summed E-state index contributed by atoms with van der Waals surface area (Å²) in [5.41, 5.74) is 1.10. The molecule has 2 aliphatic rings. The molecule has 2 fully saturated rings. The van der Waals surface area contributed by atoms with Crippen LogP contribution in [-0.2, 0) is 4.79 Å². The predicted molar refractivity (Wildman–Crippen MR) is 127 cm³/mol. The molecule has 0 saturated carbocycles. The normalized spacial score (nSPS) is 25.2. The number of fused-ring (bicyclic) bond motifs is 1. The summed E-state index contributed by atoms with van der Waals surface area (Å²) in [6.45, 7) is 8.83. The van der Waals surface area contributed by atoms with Gasteiger partial charge in [-0.1, -0.05) is 44.2 Å². The molecule has 172 valence electrons. The van der Waals surface area contributed by atoms with Crippen LogP contribution in [0.3, 0.4) is 0 Å². The minimum Gasteiger partial charge on any atom is -0.491 e. The highest BCUT2D eigenvalue weighted by Crippen LogP contribution is 2.33. The number of nitrogens with zero attached hydrogens (tertiary/aromatic N) is 2. The highest BCUT2D eigenvalue weighted by Gasteiger charge is 2.39. The number of hydrogen-bond acceptors (Lipinski definition) is 6. The first-order valence-electron chi connectivity index (χ1n) is 11.8. The van der Waals surface area contributed by atoms with Crippen LogP contribution in [-0.4, -0.2) is 60.8 Å². The number of ether oxygens (including phenoxy) is 1. The molecule has 2 aliphatic heterocycles. The zero-order chi connectivity index (χ0) is 22.3. The van der Waals surface area contributed by atoms with Gasteiger partial charge in [-0.2, -0.15) is 0 Å². The SMILES string of the molecule is CCN(CC)CCOc1ccc(NC2CC3NC(=O)C(c4ccccc4)CC3CN2)nc1. The van der Waals surface area contributed by atoms with E-state index in [1.165, 1.54) is 0 Å². The average Bonchev–Trinajstić information content (AvgIpc) is 2.83. The van der Waals surface area contributed by atoms with Crippen LogP contribution in [0, 0.1) is 5.92 Å². The van der Waals surface area contributed by atoms with Crippen molar-refractivity contribution in [3.8, 4) is 5.75 Å². The molecular weight excluding hydrogens is 402 g/mol. The fourth-order valence-electron chi connectivity index (χ4n) is 4.73. The first-order chi connectivity index (χ1) is 15.7. The molecule has 3 N–H and O–H groups in total. The van der Waals surface area contributed by atoms with Crippen molar-refractivity contribution in [2.24, 2.45) is 5.92 Å². The Morgan fingerprint density at radius 2 is 1.94 bits per heavy atom. The summed E-state index contributed by atoms with van der Waals surface area (Å²) < 4.78 is 5.82. The summed E-state index contributed by atoms with van der Waals surface area (Å²) in [6.07, 6.45) is 3.56. The van der Waals surface area contributed by atoms with Crippen molar-refractivity contribution in [2.75, 3.05) is 38.1 Å². The second kappa shape index (κ2) is 10.8. The maximum absolute atomic E-state index is 12.7. The molecule has 1 aromatic heterocycles. The molecule has 4 rings (SSSR count). The molecule has 0 bridgehead atoms. The maximum atomic E-state index is 12.7. The van der Waals surface area contributed by atoms with Crippen molar-refractivity contribution >= 4 is 11.7 Å². The number of rotatable bonds is 9. The molecule has 2 aromatic rings. The number of aromatic nitrogens is 1. The fraction of sp³-hybridized carbons (Fsp3) is 0.520. The van der Waals surface area contributed by atoms with Crippen LogP contribution < -0.4 is 20.7 Å². The topological polar surface area (TPSA) is 78.5 Å². The van der Waals surface area contributed by atoms with Crippen molar-refractivity contribution in [3.05, 3.63) is 54.2 Å². The van der Waals surface area contributed by atoms with Crippen molar-refractivity contribution in [2.45, 2.75) is 44.8 Å². The number of nitrogens with one attached hydrogen (secondary N) is 3. The third-order valence-corrected chi connectivity index (χ3v) is 6.70. The summed E-state index contributed by atoms with van der Waals surface area (Å²) >= 11 is 0. The zero-order valence-corrected chi connectivity index (χ0v) is 19.1. The Labute approximate surface area is 190 Å². The third-order valence-electron chi connectivity index (χ3n) is 6.70. The van der Waals surface area contributed by atoms with E-state index in [0.29, 0.717) is 12.5 Å². The Hall–Kier alpha value is -2.64. The summed E-state index contributed by atoms with van der Waals surface area (Å²) in [4.78, 5) is 19.6. The largest absolute Gasteiger partial charge is 0.491 e. The van der Waals surface area contributed by atoms with Crippen LogP contribution in [0.1, 0.15) is 38.2 Å². The van der Waals surface area contributed by atoms with Crippen molar-refractivity contribution in [3.63, 3.8) is 0 Å². The van der Waals surface area contributed by atoms with Gasteiger partial charge in [0.2, 0.25) is 5.91 Å². The van der Waals surface area contributed by atoms with E-state index in [-0.39, 0.29) is 24.0 Å². The van der Waals surface area contributed by atoms with Gasteiger partial charge in [-0.3, -0.25) is 10.1 Å². The van der Waals surface area contributed by atoms with Gasteiger partial charge in [-0.05, 0) is 43.1 Å². The molecule has 0 spiro atoms. The standard InChI is InChI=1S/C25H35N5O2/c1-3-30(4-2)12-13-32-20-10-11-23(27-17-20)29-24-15-22-19(16-26-24)14-21(25(31)28-22)18-8-6-5-7-9-18/h5-11,17,19,21-22,24,26H,3-4,12-16H2,1-2H3,(H,27,29)(H,28,31). The minimum absolute atomic E-state index is 0.0558. The molecule has 0 radical (unpaired) electrons. The lowest BCUT2D eigenvalue weighted by atomic mass is 9.77.